The number of hydrogen-bond donors (Lipinski definition) is 2. The van der Waals surface area contributed by atoms with E-state index in [1.54, 1.807) is 18.2 Å². The molecule has 0 aliphatic carbocycles. The van der Waals surface area contributed by atoms with E-state index in [0.717, 1.165) is 10.0 Å². The van der Waals surface area contributed by atoms with Crippen LogP contribution in [0.15, 0.2) is 45.5 Å². The summed E-state index contributed by atoms with van der Waals surface area (Å²) in [6.45, 7) is 2.20. The Kier molecular flexibility index (Phi) is 5.16. The summed E-state index contributed by atoms with van der Waals surface area (Å²) in [5, 5.41) is 5.31. The Hall–Kier alpha value is -2.08. The van der Waals surface area contributed by atoms with Gasteiger partial charge in [0, 0.05) is 10.2 Å². The average Bonchev–Trinajstić information content (AvgIpc) is 2.94. The number of carbonyl (C=O) groups excluding carboxylic acids is 2. The monoisotopic (exact) mass is 350 g/mol. The molecule has 0 saturated heterocycles. The van der Waals surface area contributed by atoms with Gasteiger partial charge < -0.3 is 15.1 Å². The molecule has 2 aromatic rings. The summed E-state index contributed by atoms with van der Waals surface area (Å²) in [5.74, 6) is -0.0568. The van der Waals surface area contributed by atoms with Crippen molar-refractivity contribution in [3.05, 3.63) is 52.4 Å². The topological polar surface area (TPSA) is 71.3 Å². The molecule has 2 N–H and O–H groups in total. The molecule has 0 spiro atoms. The first-order valence-electron chi connectivity index (χ1n) is 6.39. The van der Waals surface area contributed by atoms with Crippen molar-refractivity contribution in [1.82, 2.24) is 5.32 Å². The zero-order valence-corrected chi connectivity index (χ0v) is 13.1. The molecule has 1 heterocycles. The van der Waals surface area contributed by atoms with Crippen LogP contribution in [0.5, 0.6) is 0 Å². The third-order valence-corrected chi connectivity index (χ3v) is 3.69. The lowest BCUT2D eigenvalue weighted by Gasteiger charge is -2.07. The highest BCUT2D eigenvalue weighted by atomic mass is 79.9. The summed E-state index contributed by atoms with van der Waals surface area (Å²) in [7, 11) is 0. The molecule has 0 saturated carbocycles. The highest BCUT2D eigenvalue weighted by molar-refractivity contribution is 9.10. The minimum absolute atomic E-state index is 0.226. The van der Waals surface area contributed by atoms with Crippen molar-refractivity contribution in [1.29, 1.82) is 0 Å². The Bertz CT molecular complexity index is 638. The Morgan fingerprint density at radius 1 is 1.24 bits per heavy atom. The molecule has 0 fully saturated rings. The standard InChI is InChI=1S/C15H15BrN2O3/c1-10-7-11(4-5-13(10)16)18-15(20)8-14(19)17-9-12-3-2-6-21-12/h2-7H,8-9H2,1H3,(H,17,19)(H,18,20). The molecule has 1 aromatic heterocycles. The molecule has 2 amide bonds. The Morgan fingerprint density at radius 2 is 2.05 bits per heavy atom. The van der Waals surface area contributed by atoms with E-state index in [0.29, 0.717) is 11.4 Å². The van der Waals surface area contributed by atoms with Crippen LogP contribution in [0.1, 0.15) is 17.7 Å². The van der Waals surface area contributed by atoms with E-state index in [9.17, 15) is 9.59 Å². The van der Waals surface area contributed by atoms with Gasteiger partial charge in [-0.25, -0.2) is 0 Å². The Labute approximate surface area is 130 Å². The van der Waals surface area contributed by atoms with Crippen molar-refractivity contribution in [2.45, 2.75) is 19.9 Å². The molecule has 110 valence electrons. The average molecular weight is 351 g/mol. The van der Waals surface area contributed by atoms with Gasteiger partial charge in [0.2, 0.25) is 11.8 Å². The second kappa shape index (κ2) is 7.08. The number of aryl methyl sites for hydroxylation is 1. The maximum Gasteiger partial charge on any atom is 0.233 e. The quantitative estimate of drug-likeness (QED) is 0.814. The van der Waals surface area contributed by atoms with Gasteiger partial charge in [-0.1, -0.05) is 15.9 Å². The SMILES string of the molecule is Cc1cc(NC(=O)CC(=O)NCc2ccco2)ccc1Br. The highest BCUT2D eigenvalue weighted by Crippen LogP contribution is 2.20. The summed E-state index contributed by atoms with van der Waals surface area (Å²) < 4.78 is 6.06. The first-order valence-corrected chi connectivity index (χ1v) is 7.19. The normalized spacial score (nSPS) is 10.2. The maximum absolute atomic E-state index is 11.8. The highest BCUT2D eigenvalue weighted by Gasteiger charge is 2.10. The number of anilines is 1. The molecule has 5 nitrogen and oxygen atoms in total. The molecular formula is C15H15BrN2O3. The third-order valence-electron chi connectivity index (χ3n) is 2.80. The molecule has 0 unspecified atom stereocenters. The van der Waals surface area contributed by atoms with Crippen molar-refractivity contribution < 1.29 is 14.0 Å². The summed E-state index contributed by atoms with van der Waals surface area (Å²) in [4.78, 5) is 23.4. The number of hydrogen-bond acceptors (Lipinski definition) is 3. The minimum Gasteiger partial charge on any atom is -0.467 e. The van der Waals surface area contributed by atoms with E-state index in [-0.39, 0.29) is 24.8 Å². The number of furan rings is 1. The van der Waals surface area contributed by atoms with Crippen molar-refractivity contribution in [2.24, 2.45) is 0 Å². The third kappa shape index (κ3) is 4.75. The van der Waals surface area contributed by atoms with Crippen LogP contribution >= 0.6 is 15.9 Å². The number of carbonyl (C=O) groups is 2. The van der Waals surface area contributed by atoms with E-state index >= 15 is 0 Å². The lowest BCUT2D eigenvalue weighted by molar-refractivity contribution is -0.127. The molecule has 0 atom stereocenters. The Balaban J connectivity index is 1.80. The summed E-state index contributed by atoms with van der Waals surface area (Å²) in [6, 6.07) is 8.95. The molecule has 0 aliphatic rings. The maximum atomic E-state index is 11.8. The van der Waals surface area contributed by atoms with Crippen LogP contribution in [0.2, 0.25) is 0 Å². The van der Waals surface area contributed by atoms with E-state index in [1.807, 2.05) is 19.1 Å². The van der Waals surface area contributed by atoms with Crippen LogP contribution in [0, 0.1) is 6.92 Å². The number of benzene rings is 1. The summed E-state index contributed by atoms with van der Waals surface area (Å²) in [5.41, 5.74) is 1.68. The van der Waals surface area contributed by atoms with Crippen LogP contribution in [0.3, 0.4) is 0 Å². The summed E-state index contributed by atoms with van der Waals surface area (Å²) in [6.07, 6.45) is 1.31. The van der Waals surface area contributed by atoms with Gasteiger partial charge >= 0.3 is 0 Å². The van der Waals surface area contributed by atoms with Gasteiger partial charge in [0.15, 0.2) is 0 Å². The van der Waals surface area contributed by atoms with Crippen molar-refractivity contribution in [3.8, 4) is 0 Å². The van der Waals surface area contributed by atoms with Crippen molar-refractivity contribution in [2.75, 3.05) is 5.32 Å². The van der Waals surface area contributed by atoms with E-state index < -0.39 is 0 Å². The number of nitrogens with one attached hydrogen (secondary N) is 2. The fraction of sp³-hybridized carbons (Fsp3) is 0.200. The van der Waals surface area contributed by atoms with Crippen LogP contribution in [-0.4, -0.2) is 11.8 Å². The van der Waals surface area contributed by atoms with E-state index in [4.69, 9.17) is 4.42 Å². The first kappa shape index (κ1) is 15.3. The zero-order valence-electron chi connectivity index (χ0n) is 11.5. The van der Waals surface area contributed by atoms with Gasteiger partial charge in [-0.3, -0.25) is 9.59 Å². The largest absolute Gasteiger partial charge is 0.467 e. The van der Waals surface area contributed by atoms with Crippen molar-refractivity contribution >= 4 is 33.4 Å². The molecule has 0 aliphatic heterocycles. The minimum atomic E-state index is -0.353. The first-order chi connectivity index (χ1) is 10.0. The molecule has 21 heavy (non-hydrogen) atoms. The number of amides is 2. The van der Waals surface area contributed by atoms with Crippen LogP contribution in [0.25, 0.3) is 0 Å². The van der Waals surface area contributed by atoms with Gasteiger partial charge in [-0.2, -0.15) is 0 Å². The van der Waals surface area contributed by atoms with Gasteiger partial charge in [0.1, 0.15) is 12.2 Å². The predicted molar refractivity (Wildman–Crippen MR) is 82.7 cm³/mol. The molecule has 0 radical (unpaired) electrons. The zero-order chi connectivity index (χ0) is 15.2. The van der Waals surface area contributed by atoms with Gasteiger partial charge in [0.05, 0.1) is 12.8 Å². The molecule has 1 aromatic carbocycles. The van der Waals surface area contributed by atoms with Crippen LogP contribution in [-0.2, 0) is 16.1 Å². The van der Waals surface area contributed by atoms with Gasteiger partial charge in [0.25, 0.3) is 0 Å². The lowest BCUT2D eigenvalue weighted by atomic mass is 10.2. The second-order valence-electron chi connectivity index (χ2n) is 4.55. The van der Waals surface area contributed by atoms with Crippen LogP contribution in [0.4, 0.5) is 5.69 Å². The van der Waals surface area contributed by atoms with Crippen LogP contribution < -0.4 is 10.6 Å². The number of halogens is 1. The van der Waals surface area contributed by atoms with E-state index in [2.05, 4.69) is 26.6 Å². The predicted octanol–water partition coefficient (Wildman–Crippen LogP) is 3.00. The Morgan fingerprint density at radius 3 is 2.71 bits per heavy atom. The number of rotatable bonds is 5. The summed E-state index contributed by atoms with van der Waals surface area (Å²) >= 11 is 3.39. The van der Waals surface area contributed by atoms with E-state index in [1.165, 1.54) is 6.26 Å². The molecule has 2 rings (SSSR count). The van der Waals surface area contributed by atoms with Crippen molar-refractivity contribution in [3.63, 3.8) is 0 Å². The smallest absolute Gasteiger partial charge is 0.233 e. The fourth-order valence-electron chi connectivity index (χ4n) is 1.73. The molecule has 0 bridgehead atoms. The second-order valence-corrected chi connectivity index (χ2v) is 5.40. The molecule has 6 heteroatoms. The molecular weight excluding hydrogens is 336 g/mol. The fourth-order valence-corrected chi connectivity index (χ4v) is 1.98. The van der Waals surface area contributed by atoms with Gasteiger partial charge in [-0.15, -0.1) is 0 Å². The van der Waals surface area contributed by atoms with Gasteiger partial charge in [-0.05, 0) is 42.8 Å². The lowest BCUT2D eigenvalue weighted by Crippen LogP contribution is -2.27.